The van der Waals surface area contributed by atoms with Crippen LogP contribution in [0.2, 0.25) is 0 Å². The number of nitrogens with two attached hydrogens (primary N) is 1. The van der Waals surface area contributed by atoms with E-state index in [0.717, 1.165) is 0 Å². The Morgan fingerprint density at radius 2 is 2.00 bits per heavy atom. The second-order valence-electron chi connectivity index (χ2n) is 3.29. The number of nitrogen functional groups attached to an aromatic ring is 1. The highest BCUT2D eigenvalue weighted by Crippen LogP contribution is 2.17. The summed E-state index contributed by atoms with van der Waals surface area (Å²) in [4.78, 5) is 0. The first-order valence-electron chi connectivity index (χ1n) is 4.62. The molecule has 0 saturated heterocycles. The number of benzene rings is 1. The lowest BCUT2D eigenvalue weighted by Gasteiger charge is -2.11. The minimum absolute atomic E-state index is 0.0325. The highest BCUT2D eigenvalue weighted by atomic mass is 16.5. The zero-order valence-electron chi connectivity index (χ0n) is 8.88. The maximum Gasteiger partial charge on any atom is 0.385 e. The number of anilines is 1. The molecule has 1 aromatic carbocycles. The van der Waals surface area contributed by atoms with Crippen molar-refractivity contribution in [3.8, 4) is 11.8 Å². The van der Waals surface area contributed by atoms with Crippen molar-refractivity contribution in [3.63, 3.8) is 0 Å². The van der Waals surface area contributed by atoms with E-state index < -0.39 is 11.5 Å². The van der Waals surface area contributed by atoms with Crippen molar-refractivity contribution >= 4 is 16.9 Å². The Morgan fingerprint density at radius 3 is 2.59 bits per heavy atom. The Kier molecular flexibility index (Phi) is 2.33. The quantitative estimate of drug-likeness (QED) is 0.529. The topological polar surface area (TPSA) is 113 Å². The number of hydrogen-bond donors (Lipinski definition) is 1. The number of aromatic nitrogens is 2. The number of hydrogen-bond acceptors (Lipinski definition) is 5. The average molecular weight is 232 g/mol. The number of nitriles is 1. The van der Waals surface area contributed by atoms with E-state index in [1.54, 1.807) is 6.07 Å². The van der Waals surface area contributed by atoms with Crippen LogP contribution in [0.25, 0.3) is 11.0 Å². The monoisotopic (exact) mass is 232 g/mol. The highest BCUT2D eigenvalue weighted by molar-refractivity contribution is 5.71. The summed E-state index contributed by atoms with van der Waals surface area (Å²) in [7, 11) is 1.43. The molecule has 0 saturated carbocycles. The van der Waals surface area contributed by atoms with Crippen LogP contribution in [0.15, 0.2) is 18.2 Å². The lowest BCUT2D eigenvalue weighted by molar-refractivity contribution is -0.620. The number of ether oxygens (including phenoxy) is 1. The third-order valence-corrected chi connectivity index (χ3v) is 2.39. The summed E-state index contributed by atoms with van der Waals surface area (Å²) in [6.45, 7) is 0. The highest BCUT2D eigenvalue weighted by Gasteiger charge is 2.23. The molecule has 1 aromatic heterocycles. The summed E-state index contributed by atoms with van der Waals surface area (Å²) in [6, 6.07) is 5.91. The molecule has 0 fully saturated rings. The fraction of sp³-hybridized carbons (Fsp3) is 0.100. The summed E-state index contributed by atoms with van der Waals surface area (Å²) in [5.74, 6) is -0.00377. The van der Waals surface area contributed by atoms with Crippen LogP contribution in [0, 0.1) is 21.7 Å². The van der Waals surface area contributed by atoms with Crippen molar-refractivity contribution < 1.29 is 14.2 Å². The fourth-order valence-electron chi connectivity index (χ4n) is 1.52. The van der Waals surface area contributed by atoms with Crippen molar-refractivity contribution in [1.29, 1.82) is 5.26 Å². The number of fused-ring (bicyclic) bond motifs is 1. The maximum absolute atomic E-state index is 11.8. The fourth-order valence-corrected chi connectivity index (χ4v) is 1.52. The van der Waals surface area contributed by atoms with Gasteiger partial charge in [-0.2, -0.15) is 5.26 Å². The van der Waals surface area contributed by atoms with Gasteiger partial charge >= 0.3 is 11.5 Å². The predicted octanol–water partition coefficient (Wildman–Crippen LogP) is -0.431. The first-order valence-corrected chi connectivity index (χ1v) is 4.62. The van der Waals surface area contributed by atoms with Crippen LogP contribution < -0.4 is 19.9 Å². The van der Waals surface area contributed by atoms with Gasteiger partial charge in [-0.1, -0.05) is 0 Å². The smallest absolute Gasteiger partial charge is 0.385 e. The molecule has 2 rings (SSSR count). The van der Waals surface area contributed by atoms with Gasteiger partial charge in [-0.3, -0.25) is 5.73 Å². The molecule has 7 nitrogen and oxygen atoms in total. The van der Waals surface area contributed by atoms with E-state index in [1.807, 2.05) is 0 Å². The van der Waals surface area contributed by atoms with E-state index in [0.29, 0.717) is 15.2 Å². The van der Waals surface area contributed by atoms with Crippen LogP contribution in [0.1, 0.15) is 5.69 Å². The van der Waals surface area contributed by atoms with E-state index >= 15 is 0 Å². The summed E-state index contributed by atoms with van der Waals surface area (Å²) in [5, 5.41) is 32.3. The summed E-state index contributed by atoms with van der Waals surface area (Å²) < 4.78 is 5.61. The van der Waals surface area contributed by atoms with E-state index in [9.17, 15) is 10.4 Å². The normalized spacial score (nSPS) is 10.1. The van der Waals surface area contributed by atoms with Crippen LogP contribution in [0.5, 0.6) is 5.75 Å². The molecule has 0 radical (unpaired) electrons. The zero-order chi connectivity index (χ0) is 12.6. The molecular weight excluding hydrogens is 224 g/mol. The molecule has 7 heteroatoms. The molecule has 2 aromatic rings. The van der Waals surface area contributed by atoms with Crippen LogP contribution in [0.3, 0.4) is 0 Å². The second-order valence-corrected chi connectivity index (χ2v) is 3.29. The van der Waals surface area contributed by atoms with Crippen molar-refractivity contribution in [1.82, 2.24) is 0 Å². The van der Waals surface area contributed by atoms with Crippen LogP contribution in [-0.4, -0.2) is 7.11 Å². The molecule has 0 atom stereocenters. The molecule has 86 valence electrons. The third kappa shape index (κ3) is 1.43. The summed E-state index contributed by atoms with van der Waals surface area (Å²) in [6.07, 6.45) is 0. The largest absolute Gasteiger partial charge is 0.710 e. The lowest BCUT2D eigenvalue weighted by atomic mass is 10.2. The molecule has 0 aliphatic carbocycles. The molecule has 0 spiro atoms. The Bertz CT molecular complexity index is 648. The molecule has 0 unspecified atom stereocenters. The molecule has 0 aliphatic rings. The van der Waals surface area contributed by atoms with Gasteiger partial charge in [-0.25, -0.2) is 4.73 Å². The summed E-state index contributed by atoms with van der Waals surface area (Å²) >= 11 is 0. The average Bonchev–Trinajstić information content (AvgIpc) is 2.36. The zero-order valence-corrected chi connectivity index (χ0v) is 8.88. The Balaban J connectivity index is 2.95. The van der Waals surface area contributed by atoms with Crippen molar-refractivity contribution in [2.24, 2.45) is 0 Å². The van der Waals surface area contributed by atoms with E-state index in [1.165, 1.54) is 25.3 Å². The maximum atomic E-state index is 11.8. The molecule has 0 aliphatic heterocycles. The van der Waals surface area contributed by atoms with Crippen molar-refractivity contribution in [3.05, 3.63) is 34.3 Å². The standard InChI is InChI=1S/C10H8N4O3/c1-17-6-2-3-7-8(4-6)13(15)9(5-11)10(12)14(7)16/h2-4H,12H2,1H3. The van der Waals surface area contributed by atoms with Gasteiger partial charge < -0.3 is 15.2 Å². The van der Waals surface area contributed by atoms with E-state index in [2.05, 4.69) is 0 Å². The van der Waals surface area contributed by atoms with Crippen LogP contribution >= 0.6 is 0 Å². The van der Waals surface area contributed by atoms with Crippen LogP contribution in [-0.2, 0) is 0 Å². The number of nitrogens with zero attached hydrogens (tertiary/aromatic N) is 3. The first-order chi connectivity index (χ1) is 8.10. The second kappa shape index (κ2) is 3.68. The van der Waals surface area contributed by atoms with Crippen LogP contribution in [0.4, 0.5) is 5.82 Å². The minimum atomic E-state index is -0.430. The van der Waals surface area contributed by atoms with Gasteiger partial charge in [0, 0.05) is 0 Å². The van der Waals surface area contributed by atoms with Gasteiger partial charge in [0.25, 0.3) is 5.52 Å². The van der Waals surface area contributed by atoms with Gasteiger partial charge in [0.15, 0.2) is 6.07 Å². The van der Waals surface area contributed by atoms with E-state index in [4.69, 9.17) is 15.7 Å². The minimum Gasteiger partial charge on any atom is -0.710 e. The SMILES string of the molecule is COc1ccc2c(c1)[n+]([O-])c(C#N)c(N)[n+]2[O-]. The molecule has 0 amide bonds. The molecule has 1 heterocycles. The van der Waals surface area contributed by atoms with Gasteiger partial charge in [0.2, 0.25) is 5.52 Å². The van der Waals surface area contributed by atoms with Crippen molar-refractivity contribution in [2.75, 3.05) is 12.8 Å². The number of rotatable bonds is 1. The Morgan fingerprint density at radius 1 is 1.29 bits per heavy atom. The molecule has 0 bridgehead atoms. The summed E-state index contributed by atoms with van der Waals surface area (Å²) in [5.41, 5.74) is 5.09. The Labute approximate surface area is 96.0 Å². The molecular formula is C10H8N4O3. The predicted molar refractivity (Wildman–Crippen MR) is 57.5 cm³/mol. The number of methoxy groups -OCH3 is 1. The molecule has 2 N–H and O–H groups in total. The Hall–Kier alpha value is -2.75. The van der Waals surface area contributed by atoms with E-state index in [-0.39, 0.29) is 11.0 Å². The van der Waals surface area contributed by atoms with Gasteiger partial charge in [0.1, 0.15) is 5.75 Å². The van der Waals surface area contributed by atoms with Gasteiger partial charge in [0.05, 0.1) is 13.2 Å². The molecule has 17 heavy (non-hydrogen) atoms. The van der Waals surface area contributed by atoms with Gasteiger partial charge in [-0.05, 0) is 12.1 Å². The van der Waals surface area contributed by atoms with Gasteiger partial charge in [-0.15, -0.1) is 4.73 Å². The lowest BCUT2D eigenvalue weighted by Crippen LogP contribution is -2.43. The third-order valence-electron chi connectivity index (χ3n) is 2.39. The van der Waals surface area contributed by atoms with Crippen molar-refractivity contribution in [2.45, 2.75) is 0 Å². The first kappa shape index (κ1) is 10.8.